The Morgan fingerprint density at radius 2 is 2.29 bits per heavy atom. The molecule has 1 aliphatic heterocycles. The van der Waals surface area contributed by atoms with Crippen molar-refractivity contribution in [3.8, 4) is 0 Å². The lowest BCUT2D eigenvalue weighted by atomic mass is 9.96. The number of nitrogens with two attached hydrogens (primary N) is 1. The van der Waals surface area contributed by atoms with Gasteiger partial charge in [0.15, 0.2) is 0 Å². The molecule has 1 heterocycles. The summed E-state index contributed by atoms with van der Waals surface area (Å²) in [6.07, 6.45) is 2.80. The van der Waals surface area contributed by atoms with E-state index in [0.29, 0.717) is 11.8 Å². The maximum Gasteiger partial charge on any atom is 0.0172 e. The molecule has 0 spiro atoms. The molecule has 0 radical (unpaired) electrons. The lowest BCUT2D eigenvalue weighted by molar-refractivity contribution is 0.371. The van der Waals surface area contributed by atoms with Gasteiger partial charge < -0.3 is 11.1 Å². The van der Waals surface area contributed by atoms with Gasteiger partial charge in [-0.2, -0.15) is 11.8 Å². The molecule has 2 unspecified atom stereocenters. The summed E-state index contributed by atoms with van der Waals surface area (Å²) in [5, 5.41) is 4.42. The van der Waals surface area contributed by atoms with Crippen LogP contribution in [0.4, 0.5) is 0 Å². The van der Waals surface area contributed by atoms with E-state index in [0.717, 1.165) is 18.3 Å². The molecular formula is C11H24N2S. The molecule has 1 rings (SSSR count). The van der Waals surface area contributed by atoms with Crippen LogP contribution in [-0.2, 0) is 0 Å². The standard InChI is InChI=1S/C11H24N2S/c1-9(2)10(6-12)7-13-8-11-4-3-5-14-11/h9-11,13H,3-8,12H2,1-2H3. The van der Waals surface area contributed by atoms with E-state index in [1.165, 1.54) is 25.1 Å². The zero-order valence-corrected chi connectivity index (χ0v) is 10.3. The number of rotatable bonds is 6. The molecule has 0 saturated carbocycles. The van der Waals surface area contributed by atoms with E-state index in [2.05, 4.69) is 30.9 Å². The predicted octanol–water partition coefficient (Wildman–Crippen LogP) is 1.70. The molecule has 2 nitrogen and oxygen atoms in total. The molecule has 0 amide bonds. The number of nitrogens with one attached hydrogen (secondary N) is 1. The van der Waals surface area contributed by atoms with Gasteiger partial charge in [-0.25, -0.2) is 0 Å². The van der Waals surface area contributed by atoms with E-state index in [4.69, 9.17) is 5.73 Å². The molecule has 3 N–H and O–H groups in total. The Bertz CT molecular complexity index is 144. The van der Waals surface area contributed by atoms with Crippen LogP contribution in [0.3, 0.4) is 0 Å². The van der Waals surface area contributed by atoms with Gasteiger partial charge in [-0.05, 0) is 43.5 Å². The van der Waals surface area contributed by atoms with Crippen molar-refractivity contribution in [2.75, 3.05) is 25.4 Å². The maximum atomic E-state index is 5.72. The lowest BCUT2D eigenvalue weighted by Crippen LogP contribution is -2.34. The molecule has 0 aromatic rings. The second-order valence-corrected chi connectivity index (χ2v) is 5.94. The molecule has 84 valence electrons. The monoisotopic (exact) mass is 216 g/mol. The van der Waals surface area contributed by atoms with Gasteiger partial charge in [-0.3, -0.25) is 0 Å². The van der Waals surface area contributed by atoms with E-state index < -0.39 is 0 Å². The van der Waals surface area contributed by atoms with Crippen molar-refractivity contribution in [2.45, 2.75) is 31.9 Å². The molecule has 0 aromatic carbocycles. The highest BCUT2D eigenvalue weighted by atomic mass is 32.2. The summed E-state index contributed by atoms with van der Waals surface area (Å²) < 4.78 is 0. The average Bonchev–Trinajstić information content (AvgIpc) is 2.64. The topological polar surface area (TPSA) is 38.0 Å². The number of thioether (sulfide) groups is 1. The summed E-state index contributed by atoms with van der Waals surface area (Å²) in [4.78, 5) is 0. The summed E-state index contributed by atoms with van der Waals surface area (Å²) in [7, 11) is 0. The van der Waals surface area contributed by atoms with E-state index in [9.17, 15) is 0 Å². The summed E-state index contributed by atoms with van der Waals surface area (Å²) in [6.45, 7) is 7.58. The van der Waals surface area contributed by atoms with Gasteiger partial charge in [0.1, 0.15) is 0 Å². The predicted molar refractivity (Wildman–Crippen MR) is 65.7 cm³/mol. The van der Waals surface area contributed by atoms with Crippen molar-refractivity contribution < 1.29 is 0 Å². The van der Waals surface area contributed by atoms with Crippen LogP contribution in [0.2, 0.25) is 0 Å². The van der Waals surface area contributed by atoms with Crippen LogP contribution < -0.4 is 11.1 Å². The first kappa shape index (κ1) is 12.3. The van der Waals surface area contributed by atoms with Gasteiger partial charge >= 0.3 is 0 Å². The van der Waals surface area contributed by atoms with Crippen molar-refractivity contribution in [1.29, 1.82) is 0 Å². The quantitative estimate of drug-likeness (QED) is 0.710. The molecule has 2 atom stereocenters. The second kappa shape index (κ2) is 6.70. The van der Waals surface area contributed by atoms with Crippen LogP contribution in [0.1, 0.15) is 26.7 Å². The first-order valence-corrected chi connectivity index (χ1v) is 6.81. The van der Waals surface area contributed by atoms with Crippen LogP contribution >= 0.6 is 11.8 Å². The van der Waals surface area contributed by atoms with Crippen molar-refractivity contribution in [3.05, 3.63) is 0 Å². The minimum Gasteiger partial charge on any atom is -0.330 e. The molecule has 1 aliphatic rings. The summed E-state index contributed by atoms with van der Waals surface area (Å²) in [6, 6.07) is 0. The molecule has 1 saturated heterocycles. The molecule has 1 fully saturated rings. The third-order valence-corrected chi connectivity index (χ3v) is 4.45. The van der Waals surface area contributed by atoms with Gasteiger partial charge in [-0.1, -0.05) is 13.8 Å². The zero-order chi connectivity index (χ0) is 10.4. The van der Waals surface area contributed by atoms with Gasteiger partial charge in [0.2, 0.25) is 0 Å². The van der Waals surface area contributed by atoms with Crippen LogP contribution in [0, 0.1) is 11.8 Å². The highest BCUT2D eigenvalue weighted by Crippen LogP contribution is 2.25. The van der Waals surface area contributed by atoms with Crippen LogP contribution in [0.5, 0.6) is 0 Å². The largest absolute Gasteiger partial charge is 0.330 e. The third kappa shape index (κ3) is 4.20. The highest BCUT2D eigenvalue weighted by Gasteiger charge is 2.16. The van der Waals surface area contributed by atoms with Crippen LogP contribution in [0.15, 0.2) is 0 Å². The lowest BCUT2D eigenvalue weighted by Gasteiger charge is -2.20. The van der Waals surface area contributed by atoms with Crippen LogP contribution in [-0.4, -0.2) is 30.6 Å². The summed E-state index contributed by atoms with van der Waals surface area (Å²) in [5.41, 5.74) is 5.72. The minimum absolute atomic E-state index is 0.640. The first-order valence-electron chi connectivity index (χ1n) is 5.76. The molecule has 0 aromatic heterocycles. The van der Waals surface area contributed by atoms with Gasteiger partial charge in [-0.15, -0.1) is 0 Å². The Balaban J connectivity index is 2.06. The molecule has 14 heavy (non-hydrogen) atoms. The van der Waals surface area contributed by atoms with Crippen molar-refractivity contribution in [1.82, 2.24) is 5.32 Å². The molecule has 0 bridgehead atoms. The fraction of sp³-hybridized carbons (Fsp3) is 1.00. The Morgan fingerprint density at radius 1 is 1.50 bits per heavy atom. The van der Waals surface area contributed by atoms with E-state index in [1.54, 1.807) is 0 Å². The Morgan fingerprint density at radius 3 is 2.79 bits per heavy atom. The van der Waals surface area contributed by atoms with Crippen molar-refractivity contribution >= 4 is 11.8 Å². The Hall–Kier alpha value is 0.270. The SMILES string of the molecule is CC(C)C(CN)CNCC1CCCS1. The molecule has 0 aliphatic carbocycles. The van der Waals surface area contributed by atoms with E-state index >= 15 is 0 Å². The van der Waals surface area contributed by atoms with Gasteiger partial charge in [0.25, 0.3) is 0 Å². The molecular weight excluding hydrogens is 192 g/mol. The summed E-state index contributed by atoms with van der Waals surface area (Å²) >= 11 is 2.12. The fourth-order valence-electron chi connectivity index (χ4n) is 1.83. The summed E-state index contributed by atoms with van der Waals surface area (Å²) in [5.74, 6) is 2.70. The highest BCUT2D eigenvalue weighted by molar-refractivity contribution is 8.00. The van der Waals surface area contributed by atoms with Crippen molar-refractivity contribution in [3.63, 3.8) is 0 Å². The zero-order valence-electron chi connectivity index (χ0n) is 9.46. The fourth-order valence-corrected chi connectivity index (χ4v) is 3.06. The van der Waals surface area contributed by atoms with E-state index in [1.807, 2.05) is 0 Å². The Labute approximate surface area is 92.4 Å². The van der Waals surface area contributed by atoms with Crippen molar-refractivity contribution in [2.24, 2.45) is 17.6 Å². The average molecular weight is 216 g/mol. The maximum absolute atomic E-state index is 5.72. The first-order chi connectivity index (χ1) is 6.74. The van der Waals surface area contributed by atoms with E-state index in [-0.39, 0.29) is 0 Å². The minimum atomic E-state index is 0.640. The van der Waals surface area contributed by atoms with Crippen LogP contribution in [0.25, 0.3) is 0 Å². The number of hydrogen-bond acceptors (Lipinski definition) is 3. The normalized spacial score (nSPS) is 24.4. The smallest absolute Gasteiger partial charge is 0.0172 e. The third-order valence-electron chi connectivity index (χ3n) is 3.05. The van der Waals surface area contributed by atoms with Gasteiger partial charge in [0, 0.05) is 11.8 Å². The second-order valence-electron chi connectivity index (χ2n) is 4.53. The Kier molecular flexibility index (Phi) is 5.90. The van der Waals surface area contributed by atoms with Gasteiger partial charge in [0.05, 0.1) is 0 Å². The molecule has 3 heteroatoms. The number of hydrogen-bond donors (Lipinski definition) is 2.